The minimum absolute atomic E-state index is 0.214. The molecule has 0 N–H and O–H groups in total. The summed E-state index contributed by atoms with van der Waals surface area (Å²) in [5.41, 5.74) is 0. The zero-order chi connectivity index (χ0) is 8.55. The van der Waals surface area contributed by atoms with Crippen molar-refractivity contribution in [3.63, 3.8) is 0 Å². The molecular formula is C7H10N4O. The maximum atomic E-state index is 11.0. The third-order valence-corrected chi connectivity index (χ3v) is 2.13. The third kappa shape index (κ3) is 1.22. The van der Waals surface area contributed by atoms with Gasteiger partial charge in [0.1, 0.15) is 5.78 Å². The summed E-state index contributed by atoms with van der Waals surface area (Å²) in [4.78, 5) is 12.4. The first-order valence-electron chi connectivity index (χ1n) is 4.01. The Kier molecular flexibility index (Phi) is 1.64. The van der Waals surface area contributed by atoms with Crippen molar-refractivity contribution in [1.82, 2.24) is 20.2 Å². The van der Waals surface area contributed by atoms with Gasteiger partial charge in [0.25, 0.3) is 0 Å². The van der Waals surface area contributed by atoms with Crippen LogP contribution in [0.3, 0.4) is 0 Å². The average Bonchev–Trinajstić information content (AvgIpc) is 2.58. The summed E-state index contributed by atoms with van der Waals surface area (Å²) < 4.78 is 0. The van der Waals surface area contributed by atoms with Crippen molar-refractivity contribution in [2.75, 3.05) is 0 Å². The minimum atomic E-state index is 0.214. The van der Waals surface area contributed by atoms with Crippen molar-refractivity contribution in [1.29, 1.82) is 0 Å². The summed E-state index contributed by atoms with van der Waals surface area (Å²) in [5, 5.41) is 11.7. The number of carbonyl (C=O) groups excluding carboxylic acids is 1. The summed E-state index contributed by atoms with van der Waals surface area (Å²) in [7, 11) is 1.73. The standard InChI is InChI=1S/C7H10N4O/c1-11-9-7(8-10-11)5-2-3-6(12)4-5/h5H,2-4H2,1H3. The lowest BCUT2D eigenvalue weighted by Gasteiger charge is -1.98. The SMILES string of the molecule is Cn1nnc(C2CCC(=O)C2)n1. The fourth-order valence-electron chi connectivity index (χ4n) is 1.50. The molecule has 1 fully saturated rings. The van der Waals surface area contributed by atoms with Crippen molar-refractivity contribution < 1.29 is 4.79 Å². The Hall–Kier alpha value is -1.26. The van der Waals surface area contributed by atoms with Crippen LogP contribution in [-0.2, 0) is 11.8 Å². The Labute approximate surface area is 69.8 Å². The summed E-state index contributed by atoms with van der Waals surface area (Å²) in [5.74, 6) is 1.24. The minimum Gasteiger partial charge on any atom is -0.300 e. The van der Waals surface area contributed by atoms with Gasteiger partial charge in [0.05, 0.1) is 7.05 Å². The molecule has 1 saturated carbocycles. The predicted molar refractivity (Wildman–Crippen MR) is 40.4 cm³/mol. The largest absolute Gasteiger partial charge is 0.300 e. The lowest BCUT2D eigenvalue weighted by atomic mass is 10.1. The Balaban J connectivity index is 2.15. The molecule has 0 aliphatic heterocycles. The van der Waals surface area contributed by atoms with E-state index in [1.165, 1.54) is 4.80 Å². The Morgan fingerprint density at radius 1 is 1.58 bits per heavy atom. The topological polar surface area (TPSA) is 60.7 Å². The van der Waals surface area contributed by atoms with E-state index >= 15 is 0 Å². The first-order valence-corrected chi connectivity index (χ1v) is 4.01. The van der Waals surface area contributed by atoms with Crippen LogP contribution in [0.25, 0.3) is 0 Å². The summed E-state index contributed by atoms with van der Waals surface area (Å²) >= 11 is 0. The van der Waals surface area contributed by atoms with E-state index in [4.69, 9.17) is 0 Å². The number of aromatic nitrogens is 4. The van der Waals surface area contributed by atoms with E-state index < -0.39 is 0 Å². The summed E-state index contributed by atoms with van der Waals surface area (Å²) in [6, 6.07) is 0. The molecule has 1 aromatic rings. The Morgan fingerprint density at radius 2 is 2.42 bits per heavy atom. The molecule has 64 valence electrons. The van der Waals surface area contributed by atoms with Gasteiger partial charge in [-0.05, 0) is 11.6 Å². The first kappa shape index (κ1) is 7.39. The lowest BCUT2D eigenvalue weighted by molar-refractivity contribution is -0.117. The monoisotopic (exact) mass is 166 g/mol. The Bertz CT molecular complexity index is 306. The number of ketones is 1. The molecule has 0 bridgehead atoms. The number of Topliss-reactive ketones (excluding diaryl/α,β-unsaturated/α-hetero) is 1. The van der Waals surface area contributed by atoms with Gasteiger partial charge in [-0.15, -0.1) is 10.2 Å². The van der Waals surface area contributed by atoms with E-state index in [1.54, 1.807) is 7.05 Å². The number of hydrogen-bond donors (Lipinski definition) is 0. The maximum absolute atomic E-state index is 11.0. The van der Waals surface area contributed by atoms with Crippen molar-refractivity contribution >= 4 is 5.78 Å². The third-order valence-electron chi connectivity index (χ3n) is 2.13. The lowest BCUT2D eigenvalue weighted by Crippen LogP contribution is -1.98. The number of hydrogen-bond acceptors (Lipinski definition) is 4. The zero-order valence-corrected chi connectivity index (χ0v) is 6.90. The molecule has 1 heterocycles. The van der Waals surface area contributed by atoms with E-state index in [9.17, 15) is 4.79 Å². The number of aryl methyl sites for hydroxylation is 1. The first-order chi connectivity index (χ1) is 5.75. The molecule has 1 aliphatic carbocycles. The van der Waals surface area contributed by atoms with Crippen molar-refractivity contribution in [2.45, 2.75) is 25.2 Å². The molecule has 1 aliphatic rings. The molecule has 2 rings (SSSR count). The molecule has 5 heteroatoms. The van der Waals surface area contributed by atoms with Crippen LogP contribution >= 0.6 is 0 Å². The van der Waals surface area contributed by atoms with Crippen LogP contribution in [0.4, 0.5) is 0 Å². The van der Waals surface area contributed by atoms with E-state index in [1.807, 2.05) is 0 Å². The van der Waals surface area contributed by atoms with E-state index in [0.29, 0.717) is 24.4 Å². The molecule has 0 saturated heterocycles. The van der Waals surface area contributed by atoms with Crippen LogP contribution in [0.2, 0.25) is 0 Å². The highest BCUT2D eigenvalue weighted by Crippen LogP contribution is 2.28. The number of rotatable bonds is 1. The van der Waals surface area contributed by atoms with Gasteiger partial charge >= 0.3 is 0 Å². The molecule has 0 amide bonds. The van der Waals surface area contributed by atoms with Crippen LogP contribution in [0.1, 0.15) is 31.0 Å². The van der Waals surface area contributed by atoms with Crippen molar-refractivity contribution in [3.8, 4) is 0 Å². The zero-order valence-electron chi connectivity index (χ0n) is 6.90. The van der Waals surface area contributed by atoms with E-state index in [0.717, 1.165) is 6.42 Å². The van der Waals surface area contributed by atoms with Gasteiger partial charge in [-0.3, -0.25) is 4.79 Å². The maximum Gasteiger partial charge on any atom is 0.178 e. The van der Waals surface area contributed by atoms with Crippen LogP contribution in [0, 0.1) is 0 Å². The molecule has 0 aromatic carbocycles. The fraction of sp³-hybridized carbons (Fsp3) is 0.714. The Morgan fingerprint density at radius 3 is 2.92 bits per heavy atom. The molecule has 0 radical (unpaired) electrons. The normalized spacial score (nSPS) is 23.4. The van der Waals surface area contributed by atoms with Gasteiger partial charge in [-0.25, -0.2) is 0 Å². The molecule has 1 aromatic heterocycles. The fourth-order valence-corrected chi connectivity index (χ4v) is 1.50. The quantitative estimate of drug-likeness (QED) is 0.591. The predicted octanol–water partition coefficient (Wildman–Crippen LogP) is 0.0467. The van der Waals surface area contributed by atoms with Gasteiger partial charge in [0.15, 0.2) is 5.82 Å². The second kappa shape index (κ2) is 2.66. The van der Waals surface area contributed by atoms with Crippen LogP contribution in [-0.4, -0.2) is 26.0 Å². The summed E-state index contributed by atoms with van der Waals surface area (Å²) in [6.45, 7) is 0. The summed E-state index contributed by atoms with van der Waals surface area (Å²) in [6.07, 6.45) is 2.14. The van der Waals surface area contributed by atoms with E-state index in [2.05, 4.69) is 15.4 Å². The molecule has 1 atom stereocenters. The van der Waals surface area contributed by atoms with Gasteiger partial charge in [0, 0.05) is 18.8 Å². The van der Waals surface area contributed by atoms with Gasteiger partial charge in [0.2, 0.25) is 0 Å². The number of tetrazole rings is 1. The molecule has 5 nitrogen and oxygen atoms in total. The van der Waals surface area contributed by atoms with Crippen LogP contribution < -0.4 is 0 Å². The van der Waals surface area contributed by atoms with Gasteiger partial charge in [-0.1, -0.05) is 0 Å². The molecule has 1 unspecified atom stereocenters. The second-order valence-electron chi connectivity index (χ2n) is 3.12. The van der Waals surface area contributed by atoms with Gasteiger partial charge in [-0.2, -0.15) is 4.80 Å². The average molecular weight is 166 g/mol. The second-order valence-corrected chi connectivity index (χ2v) is 3.12. The van der Waals surface area contributed by atoms with Crippen molar-refractivity contribution in [2.24, 2.45) is 7.05 Å². The van der Waals surface area contributed by atoms with E-state index in [-0.39, 0.29) is 5.92 Å². The molecular weight excluding hydrogens is 156 g/mol. The molecule has 0 spiro atoms. The number of carbonyl (C=O) groups is 1. The highest BCUT2D eigenvalue weighted by molar-refractivity contribution is 5.81. The smallest absolute Gasteiger partial charge is 0.178 e. The highest BCUT2D eigenvalue weighted by Gasteiger charge is 2.26. The highest BCUT2D eigenvalue weighted by atomic mass is 16.1. The van der Waals surface area contributed by atoms with Crippen LogP contribution in [0.15, 0.2) is 0 Å². The van der Waals surface area contributed by atoms with Crippen LogP contribution in [0.5, 0.6) is 0 Å². The van der Waals surface area contributed by atoms with Crippen molar-refractivity contribution in [3.05, 3.63) is 5.82 Å². The van der Waals surface area contributed by atoms with Gasteiger partial charge < -0.3 is 0 Å². The molecule has 12 heavy (non-hydrogen) atoms. The number of nitrogens with zero attached hydrogens (tertiary/aromatic N) is 4.